The van der Waals surface area contributed by atoms with E-state index >= 15 is 0 Å². The Hall–Kier alpha value is -2.64. The number of primary amides is 1. The summed E-state index contributed by atoms with van der Waals surface area (Å²) in [5, 5.41) is 13.0. The van der Waals surface area contributed by atoms with Crippen LogP contribution in [0.1, 0.15) is 17.3 Å². The minimum absolute atomic E-state index is 0.174. The highest BCUT2D eigenvalue weighted by Gasteiger charge is 2.16. The highest BCUT2D eigenvalue weighted by molar-refractivity contribution is 5.98. The van der Waals surface area contributed by atoms with Crippen LogP contribution in [0.3, 0.4) is 0 Å². The summed E-state index contributed by atoms with van der Waals surface area (Å²) < 4.78 is 13.4. The molecular weight excluding hydrogens is 257 g/mol. The van der Waals surface area contributed by atoms with Crippen LogP contribution in [-0.2, 0) is 4.79 Å². The van der Waals surface area contributed by atoms with Crippen LogP contribution in [0.5, 0.6) is 0 Å². The highest BCUT2D eigenvalue weighted by Crippen LogP contribution is 2.16. The van der Waals surface area contributed by atoms with E-state index in [1.165, 1.54) is 6.92 Å². The molecule has 0 bridgehead atoms. The maximum atomic E-state index is 13.4. The number of carbonyl (C=O) groups excluding carboxylic acids is 2. The van der Waals surface area contributed by atoms with Gasteiger partial charge in [-0.1, -0.05) is 0 Å². The van der Waals surface area contributed by atoms with Crippen LogP contribution >= 0.6 is 0 Å². The van der Waals surface area contributed by atoms with E-state index in [1.807, 2.05) is 0 Å². The van der Waals surface area contributed by atoms with Gasteiger partial charge in [0.25, 0.3) is 0 Å². The van der Waals surface area contributed by atoms with Crippen molar-refractivity contribution in [2.45, 2.75) is 13.0 Å². The Morgan fingerprint density at radius 2 is 2.00 bits per heavy atom. The number of amides is 3. The molecule has 19 heavy (non-hydrogen) atoms. The second-order valence-electron chi connectivity index (χ2n) is 3.72. The van der Waals surface area contributed by atoms with Gasteiger partial charge in [0.15, 0.2) is 0 Å². The zero-order valence-electron chi connectivity index (χ0n) is 9.94. The molecule has 3 amide bonds. The maximum absolute atomic E-state index is 13.4. The number of carboxylic acid groups (broad SMARTS) is 1. The Labute approximate surface area is 107 Å². The minimum Gasteiger partial charge on any atom is -0.478 e. The van der Waals surface area contributed by atoms with Crippen molar-refractivity contribution in [1.82, 2.24) is 5.32 Å². The molecule has 1 atom stereocenters. The second kappa shape index (κ2) is 5.80. The molecule has 1 aromatic carbocycles. The second-order valence-corrected chi connectivity index (χ2v) is 3.72. The van der Waals surface area contributed by atoms with Crippen molar-refractivity contribution in [2.75, 3.05) is 5.32 Å². The maximum Gasteiger partial charge on any atom is 0.335 e. The van der Waals surface area contributed by atoms with Gasteiger partial charge in [0, 0.05) is 0 Å². The number of hydrogen-bond donors (Lipinski definition) is 4. The van der Waals surface area contributed by atoms with E-state index in [4.69, 9.17) is 10.8 Å². The predicted molar refractivity (Wildman–Crippen MR) is 64.2 cm³/mol. The van der Waals surface area contributed by atoms with Crippen LogP contribution in [0, 0.1) is 5.82 Å². The molecule has 0 aromatic heterocycles. The van der Waals surface area contributed by atoms with Crippen LogP contribution < -0.4 is 16.4 Å². The highest BCUT2D eigenvalue weighted by atomic mass is 19.1. The molecule has 0 saturated heterocycles. The van der Waals surface area contributed by atoms with Crippen molar-refractivity contribution in [3.8, 4) is 0 Å². The zero-order valence-corrected chi connectivity index (χ0v) is 9.94. The van der Waals surface area contributed by atoms with Gasteiger partial charge in [0.1, 0.15) is 11.9 Å². The third-order valence-corrected chi connectivity index (χ3v) is 2.22. The SMILES string of the molecule is CC(NC(N)=O)C(=O)Nc1cc(C(=O)O)ccc1F. The van der Waals surface area contributed by atoms with Crippen LogP contribution in [0.25, 0.3) is 0 Å². The molecule has 0 aliphatic rings. The van der Waals surface area contributed by atoms with Crippen molar-refractivity contribution < 1.29 is 23.9 Å². The van der Waals surface area contributed by atoms with E-state index in [-0.39, 0.29) is 11.3 Å². The average Bonchev–Trinajstić information content (AvgIpc) is 2.30. The summed E-state index contributed by atoms with van der Waals surface area (Å²) >= 11 is 0. The molecule has 0 saturated carbocycles. The predicted octanol–water partition coefficient (Wildman–Crippen LogP) is 0.519. The van der Waals surface area contributed by atoms with Gasteiger partial charge < -0.3 is 21.5 Å². The third-order valence-electron chi connectivity index (χ3n) is 2.22. The lowest BCUT2D eigenvalue weighted by Gasteiger charge is -2.13. The molecule has 0 heterocycles. The van der Waals surface area contributed by atoms with Gasteiger partial charge in [-0.3, -0.25) is 4.79 Å². The van der Waals surface area contributed by atoms with E-state index < -0.39 is 29.8 Å². The van der Waals surface area contributed by atoms with Crippen LogP contribution in [0.2, 0.25) is 0 Å². The summed E-state index contributed by atoms with van der Waals surface area (Å²) in [6.07, 6.45) is 0. The summed E-state index contributed by atoms with van der Waals surface area (Å²) in [4.78, 5) is 32.9. The molecule has 7 nitrogen and oxygen atoms in total. The molecule has 0 fully saturated rings. The van der Waals surface area contributed by atoms with Gasteiger partial charge in [0.2, 0.25) is 5.91 Å². The Balaban J connectivity index is 2.86. The van der Waals surface area contributed by atoms with E-state index in [2.05, 4.69) is 10.6 Å². The van der Waals surface area contributed by atoms with E-state index in [9.17, 15) is 18.8 Å². The summed E-state index contributed by atoms with van der Waals surface area (Å²) in [5.74, 6) is -2.76. The summed E-state index contributed by atoms with van der Waals surface area (Å²) in [7, 11) is 0. The van der Waals surface area contributed by atoms with Gasteiger partial charge in [-0.2, -0.15) is 0 Å². The molecule has 0 radical (unpaired) electrons. The number of rotatable bonds is 4. The fraction of sp³-hybridized carbons (Fsp3) is 0.182. The Morgan fingerprint density at radius 1 is 1.37 bits per heavy atom. The van der Waals surface area contributed by atoms with Crippen molar-refractivity contribution in [1.29, 1.82) is 0 Å². The Kier molecular flexibility index (Phi) is 4.41. The number of nitrogens with one attached hydrogen (secondary N) is 2. The fourth-order valence-corrected chi connectivity index (χ4v) is 1.27. The van der Waals surface area contributed by atoms with Crippen molar-refractivity contribution in [2.24, 2.45) is 5.73 Å². The van der Waals surface area contributed by atoms with Crippen LogP contribution in [0.15, 0.2) is 18.2 Å². The zero-order chi connectivity index (χ0) is 14.6. The first kappa shape index (κ1) is 14.4. The Morgan fingerprint density at radius 3 is 2.53 bits per heavy atom. The van der Waals surface area contributed by atoms with Gasteiger partial charge in [-0.15, -0.1) is 0 Å². The monoisotopic (exact) mass is 269 g/mol. The fourth-order valence-electron chi connectivity index (χ4n) is 1.27. The molecule has 0 aliphatic heterocycles. The first-order valence-corrected chi connectivity index (χ1v) is 5.21. The van der Waals surface area contributed by atoms with Crippen molar-refractivity contribution >= 4 is 23.6 Å². The topological polar surface area (TPSA) is 122 Å². The molecular formula is C11H12FN3O4. The van der Waals surface area contributed by atoms with Crippen LogP contribution in [0.4, 0.5) is 14.9 Å². The molecule has 5 N–H and O–H groups in total. The first-order chi connectivity index (χ1) is 8.81. The number of aromatic carboxylic acids is 1. The van der Waals surface area contributed by atoms with E-state index in [1.54, 1.807) is 0 Å². The number of urea groups is 1. The largest absolute Gasteiger partial charge is 0.478 e. The number of carbonyl (C=O) groups is 3. The summed E-state index contributed by atoms with van der Waals surface area (Å²) in [6, 6.07) is 1.09. The van der Waals surface area contributed by atoms with E-state index in [0.717, 1.165) is 18.2 Å². The number of hydrogen-bond acceptors (Lipinski definition) is 3. The van der Waals surface area contributed by atoms with Crippen molar-refractivity contribution in [3.63, 3.8) is 0 Å². The lowest BCUT2D eigenvalue weighted by molar-refractivity contribution is -0.117. The molecule has 1 aromatic rings. The van der Waals surface area contributed by atoms with Crippen LogP contribution in [-0.4, -0.2) is 29.1 Å². The number of benzene rings is 1. The molecule has 0 spiro atoms. The minimum atomic E-state index is -1.25. The van der Waals surface area contributed by atoms with Gasteiger partial charge in [-0.05, 0) is 25.1 Å². The molecule has 102 valence electrons. The van der Waals surface area contributed by atoms with Gasteiger partial charge >= 0.3 is 12.0 Å². The quantitative estimate of drug-likeness (QED) is 0.636. The third kappa shape index (κ3) is 3.95. The molecule has 1 rings (SSSR count). The summed E-state index contributed by atoms with van der Waals surface area (Å²) in [5.41, 5.74) is 4.37. The lowest BCUT2D eigenvalue weighted by Crippen LogP contribution is -2.44. The smallest absolute Gasteiger partial charge is 0.335 e. The van der Waals surface area contributed by atoms with Gasteiger partial charge in [-0.25, -0.2) is 14.0 Å². The van der Waals surface area contributed by atoms with E-state index in [0.29, 0.717) is 0 Å². The molecule has 1 unspecified atom stereocenters. The number of anilines is 1. The number of halogens is 1. The molecule has 8 heteroatoms. The summed E-state index contributed by atoms with van der Waals surface area (Å²) in [6.45, 7) is 1.35. The average molecular weight is 269 g/mol. The number of nitrogens with two attached hydrogens (primary N) is 1. The standard InChI is InChI=1S/C11H12FN3O4/c1-5(14-11(13)19)9(16)15-8-4-6(10(17)18)2-3-7(8)12/h2-5H,1H3,(H,15,16)(H,17,18)(H3,13,14,19). The normalized spacial score (nSPS) is 11.5. The number of carboxylic acids is 1. The van der Waals surface area contributed by atoms with Crippen molar-refractivity contribution in [3.05, 3.63) is 29.6 Å². The first-order valence-electron chi connectivity index (χ1n) is 5.21. The van der Waals surface area contributed by atoms with Gasteiger partial charge in [0.05, 0.1) is 11.3 Å². The lowest BCUT2D eigenvalue weighted by atomic mass is 10.2. The molecule has 0 aliphatic carbocycles. The Bertz CT molecular complexity index is 533.